The minimum absolute atomic E-state index is 0.189. The summed E-state index contributed by atoms with van der Waals surface area (Å²) in [6.45, 7) is 1.83. The van der Waals surface area contributed by atoms with Gasteiger partial charge in [0.15, 0.2) is 0 Å². The molecule has 0 unspecified atom stereocenters. The Morgan fingerprint density at radius 2 is 1.92 bits per heavy atom. The lowest BCUT2D eigenvalue weighted by Crippen LogP contribution is -2.07. The van der Waals surface area contributed by atoms with Gasteiger partial charge in [0, 0.05) is 5.57 Å². The van der Waals surface area contributed by atoms with Crippen LogP contribution in [0.2, 0.25) is 0 Å². The van der Waals surface area contributed by atoms with Crippen molar-refractivity contribution in [3.63, 3.8) is 0 Å². The van der Waals surface area contributed by atoms with E-state index in [0.717, 1.165) is 5.57 Å². The van der Waals surface area contributed by atoms with Crippen LogP contribution in [0.25, 0.3) is 0 Å². The van der Waals surface area contributed by atoms with Crippen LogP contribution in [-0.4, -0.2) is 13.1 Å². The summed E-state index contributed by atoms with van der Waals surface area (Å²) in [6, 6.07) is 0. The maximum atomic E-state index is 11.1. The van der Waals surface area contributed by atoms with Crippen molar-refractivity contribution in [1.82, 2.24) is 0 Å². The van der Waals surface area contributed by atoms with E-state index in [1.807, 2.05) is 6.92 Å². The van der Waals surface area contributed by atoms with E-state index in [9.17, 15) is 4.79 Å². The van der Waals surface area contributed by atoms with Crippen molar-refractivity contribution in [3.8, 4) is 0 Å². The van der Waals surface area contributed by atoms with Crippen LogP contribution in [0.1, 0.15) is 39.0 Å². The van der Waals surface area contributed by atoms with E-state index in [1.54, 1.807) is 0 Å². The number of carbonyl (C=O) groups is 1. The Morgan fingerprint density at radius 1 is 1.31 bits per heavy atom. The standard InChI is InChI=1S/C11H18O2/c1-9(11(12)13-2)8-10-6-4-3-5-7-10/h8,10H,3-7H2,1-2H3/b9-8+. The van der Waals surface area contributed by atoms with Gasteiger partial charge in [-0.1, -0.05) is 25.3 Å². The summed E-state index contributed by atoms with van der Waals surface area (Å²) in [6.07, 6.45) is 8.49. The lowest BCUT2D eigenvalue weighted by molar-refractivity contribution is -0.136. The van der Waals surface area contributed by atoms with Crippen LogP contribution in [0.5, 0.6) is 0 Å². The summed E-state index contributed by atoms with van der Waals surface area (Å²) < 4.78 is 4.65. The average molecular weight is 182 g/mol. The highest BCUT2D eigenvalue weighted by atomic mass is 16.5. The molecule has 0 spiro atoms. The van der Waals surface area contributed by atoms with Crippen LogP contribution in [-0.2, 0) is 9.53 Å². The topological polar surface area (TPSA) is 26.3 Å². The molecule has 1 rings (SSSR count). The highest BCUT2D eigenvalue weighted by Crippen LogP contribution is 2.25. The van der Waals surface area contributed by atoms with Gasteiger partial charge in [-0.25, -0.2) is 4.79 Å². The van der Waals surface area contributed by atoms with E-state index in [4.69, 9.17) is 0 Å². The summed E-state index contributed by atoms with van der Waals surface area (Å²) >= 11 is 0. The van der Waals surface area contributed by atoms with E-state index >= 15 is 0 Å². The third kappa shape index (κ3) is 3.21. The summed E-state index contributed by atoms with van der Waals surface area (Å²) in [5.41, 5.74) is 0.759. The maximum absolute atomic E-state index is 11.1. The van der Waals surface area contributed by atoms with Gasteiger partial charge >= 0.3 is 5.97 Å². The van der Waals surface area contributed by atoms with Gasteiger partial charge in [0.2, 0.25) is 0 Å². The largest absolute Gasteiger partial charge is 0.466 e. The first-order valence-electron chi connectivity index (χ1n) is 5.01. The fourth-order valence-electron chi connectivity index (χ4n) is 1.88. The molecule has 0 heterocycles. The Bertz CT molecular complexity index is 200. The van der Waals surface area contributed by atoms with Crippen molar-refractivity contribution in [2.24, 2.45) is 5.92 Å². The number of ether oxygens (including phenoxy) is 1. The van der Waals surface area contributed by atoms with Crippen molar-refractivity contribution >= 4 is 5.97 Å². The first-order valence-corrected chi connectivity index (χ1v) is 5.01. The first-order chi connectivity index (χ1) is 6.24. The number of esters is 1. The molecule has 0 amide bonds. The smallest absolute Gasteiger partial charge is 0.333 e. The molecule has 0 N–H and O–H groups in total. The van der Waals surface area contributed by atoms with Crippen LogP contribution in [0.15, 0.2) is 11.6 Å². The van der Waals surface area contributed by atoms with Gasteiger partial charge in [-0.15, -0.1) is 0 Å². The lowest BCUT2D eigenvalue weighted by Gasteiger charge is -2.18. The molecule has 1 saturated carbocycles. The fraction of sp³-hybridized carbons (Fsp3) is 0.727. The van der Waals surface area contributed by atoms with Gasteiger partial charge in [-0.2, -0.15) is 0 Å². The van der Waals surface area contributed by atoms with Gasteiger partial charge in [-0.05, 0) is 25.7 Å². The second kappa shape index (κ2) is 5.05. The predicted molar refractivity (Wildman–Crippen MR) is 52.3 cm³/mol. The quantitative estimate of drug-likeness (QED) is 0.485. The molecule has 74 valence electrons. The summed E-state index contributed by atoms with van der Waals surface area (Å²) in [7, 11) is 1.43. The maximum Gasteiger partial charge on any atom is 0.333 e. The molecule has 1 aliphatic carbocycles. The number of allylic oxidation sites excluding steroid dienone is 1. The van der Waals surface area contributed by atoms with Crippen LogP contribution in [0, 0.1) is 5.92 Å². The molecule has 0 aromatic rings. The molecule has 2 nitrogen and oxygen atoms in total. The second-order valence-corrected chi connectivity index (χ2v) is 3.74. The highest BCUT2D eigenvalue weighted by molar-refractivity contribution is 5.87. The fourth-order valence-corrected chi connectivity index (χ4v) is 1.88. The molecule has 0 aliphatic heterocycles. The Kier molecular flexibility index (Phi) is 4.00. The zero-order valence-corrected chi connectivity index (χ0v) is 8.51. The third-order valence-corrected chi connectivity index (χ3v) is 2.64. The minimum atomic E-state index is -0.189. The predicted octanol–water partition coefficient (Wildman–Crippen LogP) is 2.69. The number of rotatable bonds is 2. The van der Waals surface area contributed by atoms with Crippen LogP contribution >= 0.6 is 0 Å². The summed E-state index contributed by atoms with van der Waals surface area (Å²) in [4.78, 5) is 11.1. The van der Waals surface area contributed by atoms with E-state index in [-0.39, 0.29) is 5.97 Å². The number of hydrogen-bond acceptors (Lipinski definition) is 2. The average Bonchev–Trinajstić information content (AvgIpc) is 2.18. The zero-order valence-electron chi connectivity index (χ0n) is 8.51. The lowest BCUT2D eigenvalue weighted by atomic mass is 9.88. The third-order valence-electron chi connectivity index (χ3n) is 2.64. The molecule has 0 aromatic heterocycles. The van der Waals surface area contributed by atoms with Gasteiger partial charge < -0.3 is 4.74 Å². The number of carbonyl (C=O) groups excluding carboxylic acids is 1. The summed E-state index contributed by atoms with van der Waals surface area (Å²) in [5, 5.41) is 0. The summed E-state index contributed by atoms with van der Waals surface area (Å²) in [5.74, 6) is 0.415. The Hall–Kier alpha value is -0.790. The van der Waals surface area contributed by atoms with Gasteiger partial charge in [0.25, 0.3) is 0 Å². The van der Waals surface area contributed by atoms with Gasteiger partial charge in [-0.3, -0.25) is 0 Å². The molecule has 1 fully saturated rings. The molecule has 0 radical (unpaired) electrons. The zero-order chi connectivity index (χ0) is 9.68. The SMILES string of the molecule is COC(=O)/C(C)=C/C1CCCCC1. The highest BCUT2D eigenvalue weighted by Gasteiger charge is 2.13. The number of hydrogen-bond donors (Lipinski definition) is 0. The number of methoxy groups -OCH3 is 1. The molecular formula is C11H18O2. The molecule has 13 heavy (non-hydrogen) atoms. The molecule has 0 bridgehead atoms. The second-order valence-electron chi connectivity index (χ2n) is 3.74. The van der Waals surface area contributed by atoms with Crippen molar-refractivity contribution in [2.45, 2.75) is 39.0 Å². The van der Waals surface area contributed by atoms with Crippen molar-refractivity contribution < 1.29 is 9.53 Å². The minimum Gasteiger partial charge on any atom is -0.466 e. The van der Waals surface area contributed by atoms with Crippen molar-refractivity contribution in [3.05, 3.63) is 11.6 Å². The van der Waals surface area contributed by atoms with E-state index in [1.165, 1.54) is 39.2 Å². The van der Waals surface area contributed by atoms with Gasteiger partial charge in [0.1, 0.15) is 0 Å². The Balaban J connectivity index is 2.47. The van der Waals surface area contributed by atoms with Crippen LogP contribution in [0.3, 0.4) is 0 Å². The molecule has 2 heteroatoms. The molecule has 0 aromatic carbocycles. The van der Waals surface area contributed by atoms with E-state index < -0.39 is 0 Å². The molecule has 0 saturated heterocycles. The van der Waals surface area contributed by atoms with Crippen molar-refractivity contribution in [2.75, 3.05) is 7.11 Å². The van der Waals surface area contributed by atoms with E-state index in [2.05, 4.69) is 10.8 Å². The molecular weight excluding hydrogens is 164 g/mol. The van der Waals surface area contributed by atoms with Gasteiger partial charge in [0.05, 0.1) is 7.11 Å². The Morgan fingerprint density at radius 3 is 2.46 bits per heavy atom. The van der Waals surface area contributed by atoms with E-state index in [0.29, 0.717) is 5.92 Å². The first kappa shape index (κ1) is 10.3. The van der Waals surface area contributed by atoms with Crippen LogP contribution in [0.4, 0.5) is 0 Å². The van der Waals surface area contributed by atoms with Crippen molar-refractivity contribution in [1.29, 1.82) is 0 Å². The Labute approximate surface area is 80.0 Å². The molecule has 0 atom stereocenters. The normalized spacial score (nSPS) is 20.0. The monoisotopic (exact) mass is 182 g/mol. The molecule has 1 aliphatic rings. The van der Waals surface area contributed by atoms with Crippen LogP contribution < -0.4 is 0 Å².